The Bertz CT molecular complexity index is 914. The fourth-order valence-electron chi connectivity index (χ4n) is 2.69. The van der Waals surface area contributed by atoms with E-state index in [1.54, 1.807) is 36.5 Å². The standard InChI is InChI=1S/C19H18N2O4/c1-3-7-21-15-10-14(4-5-17(15)25-12-19(21)24)16(22)11-20-8-6-13(2)9-18(20)23/h3-6,8-10H,1,7,11-12H2,2H3. The predicted octanol–water partition coefficient (Wildman–Crippen LogP) is 1.95. The molecule has 3 rings (SSSR count). The highest BCUT2D eigenvalue weighted by atomic mass is 16.5. The number of pyridine rings is 1. The maximum Gasteiger partial charge on any atom is 0.265 e. The van der Waals surface area contributed by atoms with Crippen molar-refractivity contribution in [2.45, 2.75) is 13.5 Å². The van der Waals surface area contributed by atoms with Crippen LogP contribution in [0.25, 0.3) is 0 Å². The van der Waals surface area contributed by atoms with Gasteiger partial charge in [0.2, 0.25) is 0 Å². The van der Waals surface area contributed by atoms with Crippen molar-refractivity contribution in [1.29, 1.82) is 0 Å². The zero-order chi connectivity index (χ0) is 18.0. The second-order valence-corrected chi connectivity index (χ2v) is 5.86. The first-order valence-electron chi connectivity index (χ1n) is 7.88. The van der Waals surface area contributed by atoms with E-state index < -0.39 is 0 Å². The van der Waals surface area contributed by atoms with Gasteiger partial charge in [-0.05, 0) is 36.8 Å². The molecule has 6 heteroatoms. The van der Waals surface area contributed by atoms with Crippen LogP contribution in [0.15, 0.2) is 54.0 Å². The first-order valence-corrected chi connectivity index (χ1v) is 7.88. The molecule has 1 aliphatic rings. The summed E-state index contributed by atoms with van der Waals surface area (Å²) < 4.78 is 6.76. The van der Waals surface area contributed by atoms with E-state index in [9.17, 15) is 14.4 Å². The molecule has 0 atom stereocenters. The van der Waals surface area contributed by atoms with Gasteiger partial charge in [-0.15, -0.1) is 6.58 Å². The molecule has 0 N–H and O–H groups in total. The fraction of sp³-hybridized carbons (Fsp3) is 0.211. The Labute approximate surface area is 145 Å². The maximum absolute atomic E-state index is 12.6. The second-order valence-electron chi connectivity index (χ2n) is 5.86. The summed E-state index contributed by atoms with van der Waals surface area (Å²) in [5.41, 5.74) is 1.58. The van der Waals surface area contributed by atoms with Gasteiger partial charge >= 0.3 is 0 Å². The van der Waals surface area contributed by atoms with E-state index in [0.29, 0.717) is 23.5 Å². The Morgan fingerprint density at radius 2 is 2.08 bits per heavy atom. The summed E-state index contributed by atoms with van der Waals surface area (Å²) in [5, 5.41) is 0. The molecule has 0 saturated heterocycles. The highest BCUT2D eigenvalue weighted by Gasteiger charge is 2.25. The average Bonchev–Trinajstić information content (AvgIpc) is 2.59. The van der Waals surface area contributed by atoms with Crippen LogP contribution in [0.5, 0.6) is 5.75 Å². The molecule has 2 aromatic rings. The summed E-state index contributed by atoms with van der Waals surface area (Å²) in [5.74, 6) is 0.141. The van der Waals surface area contributed by atoms with Crippen LogP contribution in [0.2, 0.25) is 0 Å². The lowest BCUT2D eigenvalue weighted by atomic mass is 10.1. The van der Waals surface area contributed by atoms with E-state index >= 15 is 0 Å². The summed E-state index contributed by atoms with van der Waals surface area (Å²) in [7, 11) is 0. The van der Waals surface area contributed by atoms with Crippen molar-refractivity contribution in [3.05, 3.63) is 70.7 Å². The van der Waals surface area contributed by atoms with Crippen LogP contribution in [0.1, 0.15) is 15.9 Å². The van der Waals surface area contributed by atoms with Gasteiger partial charge in [0.1, 0.15) is 5.75 Å². The normalized spacial score (nSPS) is 13.2. The summed E-state index contributed by atoms with van der Waals surface area (Å²) in [6, 6.07) is 8.20. The number of hydrogen-bond acceptors (Lipinski definition) is 4. The predicted molar refractivity (Wildman–Crippen MR) is 94.3 cm³/mol. The van der Waals surface area contributed by atoms with Gasteiger partial charge in [0.05, 0.1) is 12.2 Å². The number of rotatable bonds is 5. The number of aryl methyl sites for hydroxylation is 1. The second kappa shape index (κ2) is 6.76. The molecule has 6 nitrogen and oxygen atoms in total. The zero-order valence-electron chi connectivity index (χ0n) is 13.9. The van der Waals surface area contributed by atoms with Gasteiger partial charge in [0.25, 0.3) is 11.5 Å². The van der Waals surface area contributed by atoms with E-state index in [4.69, 9.17) is 4.74 Å². The lowest BCUT2D eigenvalue weighted by Crippen LogP contribution is -2.39. The van der Waals surface area contributed by atoms with Crippen LogP contribution >= 0.6 is 0 Å². The van der Waals surface area contributed by atoms with Gasteiger partial charge in [0, 0.05) is 24.4 Å². The minimum Gasteiger partial charge on any atom is -0.482 e. The monoisotopic (exact) mass is 338 g/mol. The van der Waals surface area contributed by atoms with Crippen molar-refractivity contribution in [1.82, 2.24) is 4.57 Å². The van der Waals surface area contributed by atoms with Crippen LogP contribution in [-0.2, 0) is 11.3 Å². The number of Topliss-reactive ketones (excluding diaryl/α,β-unsaturated/α-hetero) is 1. The number of fused-ring (bicyclic) bond motifs is 1. The number of carbonyl (C=O) groups is 2. The first kappa shape index (κ1) is 16.7. The lowest BCUT2D eigenvalue weighted by molar-refractivity contribution is -0.121. The molecule has 0 saturated carbocycles. The van der Waals surface area contributed by atoms with Gasteiger partial charge in [0.15, 0.2) is 12.4 Å². The number of anilines is 1. The first-order chi connectivity index (χ1) is 12.0. The van der Waals surface area contributed by atoms with Gasteiger partial charge in [-0.1, -0.05) is 6.08 Å². The van der Waals surface area contributed by atoms with Crippen molar-refractivity contribution < 1.29 is 14.3 Å². The minimum absolute atomic E-state index is 0.0348. The maximum atomic E-state index is 12.6. The van der Waals surface area contributed by atoms with Crippen LogP contribution in [0, 0.1) is 6.92 Å². The van der Waals surface area contributed by atoms with Crippen LogP contribution in [0.4, 0.5) is 5.69 Å². The molecule has 25 heavy (non-hydrogen) atoms. The van der Waals surface area contributed by atoms with Gasteiger partial charge in [-0.2, -0.15) is 0 Å². The Hall–Kier alpha value is -3.15. The number of amides is 1. The topological polar surface area (TPSA) is 68.6 Å². The third-order valence-corrected chi connectivity index (χ3v) is 4.00. The Balaban J connectivity index is 1.90. The molecule has 1 amide bonds. The number of hydrogen-bond donors (Lipinski definition) is 0. The van der Waals surface area contributed by atoms with Crippen molar-refractivity contribution in [3.8, 4) is 5.75 Å². The molecule has 0 aliphatic carbocycles. The number of aromatic nitrogens is 1. The van der Waals surface area contributed by atoms with Crippen molar-refractivity contribution in [2.24, 2.45) is 0 Å². The Morgan fingerprint density at radius 3 is 2.80 bits per heavy atom. The molecular weight excluding hydrogens is 320 g/mol. The highest BCUT2D eigenvalue weighted by Crippen LogP contribution is 2.33. The third-order valence-electron chi connectivity index (χ3n) is 4.00. The van der Waals surface area contributed by atoms with Crippen LogP contribution in [0.3, 0.4) is 0 Å². The van der Waals surface area contributed by atoms with E-state index in [-0.39, 0.29) is 30.4 Å². The Morgan fingerprint density at radius 1 is 1.28 bits per heavy atom. The Kier molecular flexibility index (Phi) is 4.52. The lowest BCUT2D eigenvalue weighted by Gasteiger charge is -2.28. The molecule has 1 aromatic carbocycles. The highest BCUT2D eigenvalue weighted by molar-refractivity contribution is 6.02. The number of ketones is 1. The molecule has 128 valence electrons. The largest absolute Gasteiger partial charge is 0.482 e. The smallest absolute Gasteiger partial charge is 0.265 e. The van der Waals surface area contributed by atoms with Crippen molar-refractivity contribution >= 4 is 17.4 Å². The molecule has 0 bridgehead atoms. The molecule has 0 radical (unpaired) electrons. The van der Waals surface area contributed by atoms with E-state index in [1.807, 2.05) is 6.92 Å². The summed E-state index contributed by atoms with van der Waals surface area (Å²) >= 11 is 0. The SMILES string of the molecule is C=CCN1C(=O)COc2ccc(C(=O)Cn3ccc(C)cc3=O)cc21. The molecule has 0 fully saturated rings. The average molecular weight is 338 g/mol. The number of nitrogens with zero attached hydrogens (tertiary/aromatic N) is 2. The molecule has 0 unspecified atom stereocenters. The summed E-state index contributed by atoms with van der Waals surface area (Å²) in [6.45, 7) is 5.72. The van der Waals surface area contributed by atoms with E-state index in [1.165, 1.54) is 15.5 Å². The van der Waals surface area contributed by atoms with Crippen LogP contribution < -0.4 is 15.2 Å². The summed E-state index contributed by atoms with van der Waals surface area (Å²) in [4.78, 5) is 38.1. The number of ether oxygens (including phenoxy) is 1. The fourth-order valence-corrected chi connectivity index (χ4v) is 2.69. The van der Waals surface area contributed by atoms with Crippen LogP contribution in [-0.4, -0.2) is 29.4 Å². The van der Waals surface area contributed by atoms with Crippen molar-refractivity contribution in [2.75, 3.05) is 18.1 Å². The van der Waals surface area contributed by atoms with Gasteiger partial charge in [-0.3, -0.25) is 14.4 Å². The molecule has 0 spiro atoms. The number of benzene rings is 1. The molecule has 2 heterocycles. The van der Waals surface area contributed by atoms with E-state index in [0.717, 1.165) is 5.56 Å². The minimum atomic E-state index is -0.224. The molecule has 1 aromatic heterocycles. The quantitative estimate of drug-likeness (QED) is 0.617. The molecule has 1 aliphatic heterocycles. The zero-order valence-corrected chi connectivity index (χ0v) is 13.9. The van der Waals surface area contributed by atoms with Gasteiger partial charge in [-0.25, -0.2) is 0 Å². The number of carbonyl (C=O) groups excluding carboxylic acids is 2. The van der Waals surface area contributed by atoms with E-state index in [2.05, 4.69) is 6.58 Å². The van der Waals surface area contributed by atoms with Gasteiger partial charge < -0.3 is 14.2 Å². The van der Waals surface area contributed by atoms with Crippen molar-refractivity contribution in [3.63, 3.8) is 0 Å². The summed E-state index contributed by atoms with van der Waals surface area (Å²) in [6.07, 6.45) is 3.22. The third kappa shape index (κ3) is 3.38. The molecular formula is C19H18N2O4.